The van der Waals surface area contributed by atoms with Crippen LogP contribution in [0, 0.1) is 0 Å². The third kappa shape index (κ3) is 3.37. The molecule has 0 bridgehead atoms. The third-order valence-corrected chi connectivity index (χ3v) is 5.78. The number of hydrogen-bond donors (Lipinski definition) is 0. The van der Waals surface area contributed by atoms with E-state index in [9.17, 15) is 13.2 Å². The number of carbonyl (C=O) groups excluding carboxylic acids is 1. The van der Waals surface area contributed by atoms with E-state index < -0.39 is 10.0 Å². The van der Waals surface area contributed by atoms with Crippen molar-refractivity contribution in [3.05, 3.63) is 44.1 Å². The van der Waals surface area contributed by atoms with E-state index in [0.717, 1.165) is 11.3 Å². The van der Waals surface area contributed by atoms with Gasteiger partial charge in [0, 0.05) is 11.6 Å². The van der Waals surface area contributed by atoms with Gasteiger partial charge in [-0.25, -0.2) is 0 Å². The van der Waals surface area contributed by atoms with Crippen LogP contribution < -0.4 is 4.80 Å². The molecule has 0 N–H and O–H groups in total. The quantitative estimate of drug-likeness (QED) is 0.783. The zero-order valence-corrected chi connectivity index (χ0v) is 13.9. The smallest absolute Gasteiger partial charge is 0.285 e. The Morgan fingerprint density at radius 1 is 1.29 bits per heavy atom. The van der Waals surface area contributed by atoms with Crippen LogP contribution in [0.5, 0.6) is 0 Å². The number of halogens is 2. The number of aldehydes is 1. The standard InChI is InChI=1S/C12H10Cl2N2O3S2/c1-2-16-11(14)10(7-17)20-12(16)15-21(18,19)9-5-3-8(13)4-6-9/h3-7H,2H2,1H3/b15-12+. The highest BCUT2D eigenvalue weighted by molar-refractivity contribution is 7.90. The molecule has 0 saturated heterocycles. The van der Waals surface area contributed by atoms with Gasteiger partial charge in [-0.1, -0.05) is 34.5 Å². The highest BCUT2D eigenvalue weighted by Gasteiger charge is 2.16. The predicted octanol–water partition coefficient (Wildman–Crippen LogP) is 2.98. The number of thiazole rings is 1. The molecule has 0 aliphatic rings. The van der Waals surface area contributed by atoms with Gasteiger partial charge in [-0.15, -0.1) is 4.40 Å². The first-order valence-electron chi connectivity index (χ1n) is 5.80. The Kier molecular flexibility index (Phi) is 4.88. The van der Waals surface area contributed by atoms with Gasteiger partial charge in [-0.2, -0.15) is 8.42 Å². The number of carbonyl (C=O) groups is 1. The zero-order chi connectivity index (χ0) is 15.6. The molecule has 1 aromatic heterocycles. The van der Waals surface area contributed by atoms with Crippen LogP contribution in [0.15, 0.2) is 33.6 Å². The molecule has 0 aliphatic heterocycles. The van der Waals surface area contributed by atoms with E-state index in [-0.39, 0.29) is 19.7 Å². The maximum Gasteiger partial charge on any atom is 0.285 e. The summed E-state index contributed by atoms with van der Waals surface area (Å²) in [5, 5.41) is 0.613. The molecular formula is C12H10Cl2N2O3S2. The van der Waals surface area contributed by atoms with Crippen LogP contribution in [0.3, 0.4) is 0 Å². The molecule has 0 fully saturated rings. The molecule has 0 atom stereocenters. The summed E-state index contributed by atoms with van der Waals surface area (Å²) >= 11 is 12.7. The minimum absolute atomic E-state index is 0.0201. The van der Waals surface area contributed by atoms with Crippen LogP contribution in [-0.2, 0) is 16.6 Å². The Labute approximate surface area is 135 Å². The second-order valence-corrected chi connectivity index (χ2v) is 7.33. The Hall–Kier alpha value is -1.15. The number of nitrogens with zero attached hydrogens (tertiary/aromatic N) is 2. The minimum Gasteiger partial charge on any atom is -0.307 e. The zero-order valence-electron chi connectivity index (χ0n) is 10.8. The first kappa shape index (κ1) is 16.2. The number of aromatic nitrogens is 1. The molecule has 5 nitrogen and oxygen atoms in total. The van der Waals surface area contributed by atoms with Crippen LogP contribution in [0.4, 0.5) is 0 Å². The molecule has 0 saturated carbocycles. The van der Waals surface area contributed by atoms with Crippen molar-refractivity contribution in [1.29, 1.82) is 0 Å². The summed E-state index contributed by atoms with van der Waals surface area (Å²) in [5.41, 5.74) is 0. The highest BCUT2D eigenvalue weighted by Crippen LogP contribution is 2.19. The number of rotatable bonds is 4. The molecule has 0 spiro atoms. The van der Waals surface area contributed by atoms with E-state index in [1.165, 1.54) is 28.8 Å². The van der Waals surface area contributed by atoms with Gasteiger partial charge < -0.3 is 4.57 Å². The lowest BCUT2D eigenvalue weighted by molar-refractivity contribution is 0.112. The fraction of sp³-hybridized carbons (Fsp3) is 0.167. The Balaban J connectivity index is 2.62. The van der Waals surface area contributed by atoms with Crippen molar-refractivity contribution in [2.24, 2.45) is 4.40 Å². The molecule has 112 valence electrons. The summed E-state index contributed by atoms with van der Waals surface area (Å²) in [4.78, 5) is 11.3. The summed E-state index contributed by atoms with van der Waals surface area (Å²) in [6.07, 6.45) is 0.576. The number of sulfonamides is 1. The van der Waals surface area contributed by atoms with Crippen molar-refractivity contribution in [3.63, 3.8) is 0 Å². The van der Waals surface area contributed by atoms with Gasteiger partial charge in [0.15, 0.2) is 6.29 Å². The molecule has 9 heteroatoms. The maximum atomic E-state index is 12.2. The summed E-state index contributed by atoms with van der Waals surface area (Å²) < 4.78 is 29.7. The van der Waals surface area contributed by atoms with Crippen LogP contribution in [0.1, 0.15) is 16.6 Å². The Morgan fingerprint density at radius 3 is 2.43 bits per heavy atom. The van der Waals surface area contributed by atoms with Crippen LogP contribution >= 0.6 is 34.5 Å². The van der Waals surface area contributed by atoms with Crippen molar-refractivity contribution < 1.29 is 13.2 Å². The van der Waals surface area contributed by atoms with Crippen LogP contribution in [0.25, 0.3) is 0 Å². The summed E-state index contributed by atoms with van der Waals surface area (Å²) in [5.74, 6) is 0. The van der Waals surface area contributed by atoms with E-state index >= 15 is 0 Å². The summed E-state index contributed by atoms with van der Waals surface area (Å²) in [6.45, 7) is 2.18. The lowest BCUT2D eigenvalue weighted by Gasteiger charge is -2.00. The van der Waals surface area contributed by atoms with E-state index in [2.05, 4.69) is 4.40 Å². The van der Waals surface area contributed by atoms with Crippen molar-refractivity contribution in [2.45, 2.75) is 18.4 Å². The monoisotopic (exact) mass is 364 g/mol. The average Bonchev–Trinajstić information content (AvgIpc) is 2.74. The van der Waals surface area contributed by atoms with Crippen molar-refractivity contribution in [3.8, 4) is 0 Å². The largest absolute Gasteiger partial charge is 0.307 e. The maximum absolute atomic E-state index is 12.2. The Morgan fingerprint density at radius 2 is 1.90 bits per heavy atom. The lowest BCUT2D eigenvalue weighted by atomic mass is 10.4. The molecule has 2 aromatic rings. The van der Waals surface area contributed by atoms with Crippen LogP contribution in [-0.4, -0.2) is 19.3 Å². The normalized spacial score (nSPS) is 12.6. The van der Waals surface area contributed by atoms with Gasteiger partial charge in [-0.3, -0.25) is 4.79 Å². The topological polar surface area (TPSA) is 68.5 Å². The SMILES string of the molecule is CCn1c(Cl)c(C=O)s/c1=N/S(=O)(=O)c1ccc(Cl)cc1. The average molecular weight is 365 g/mol. The first-order valence-corrected chi connectivity index (χ1v) is 8.81. The third-order valence-electron chi connectivity index (χ3n) is 2.61. The van der Waals surface area contributed by atoms with Gasteiger partial charge in [-0.05, 0) is 31.2 Å². The molecule has 0 aliphatic carbocycles. The Bertz CT molecular complexity index is 836. The fourth-order valence-corrected chi connectivity index (χ4v) is 4.23. The van der Waals surface area contributed by atoms with Crippen LogP contribution in [0.2, 0.25) is 10.2 Å². The first-order chi connectivity index (χ1) is 9.89. The van der Waals surface area contributed by atoms with Gasteiger partial charge in [0.05, 0.1) is 4.90 Å². The molecular weight excluding hydrogens is 355 g/mol. The molecule has 0 unspecified atom stereocenters. The van der Waals surface area contributed by atoms with Crippen molar-refractivity contribution >= 4 is 50.8 Å². The van der Waals surface area contributed by atoms with Gasteiger partial charge in [0.2, 0.25) is 4.80 Å². The number of benzene rings is 1. The molecule has 2 rings (SSSR count). The summed E-state index contributed by atoms with van der Waals surface area (Å²) in [7, 11) is -3.89. The van der Waals surface area contributed by atoms with Crippen molar-refractivity contribution in [1.82, 2.24) is 4.57 Å². The molecule has 1 aromatic carbocycles. The van der Waals surface area contributed by atoms with E-state index in [0.29, 0.717) is 17.9 Å². The molecule has 1 heterocycles. The molecule has 21 heavy (non-hydrogen) atoms. The highest BCUT2D eigenvalue weighted by atomic mass is 35.5. The van der Waals surface area contributed by atoms with Gasteiger partial charge in [0.1, 0.15) is 10.0 Å². The predicted molar refractivity (Wildman–Crippen MR) is 82.6 cm³/mol. The van der Waals surface area contributed by atoms with E-state index in [1.54, 1.807) is 6.92 Å². The molecule has 0 radical (unpaired) electrons. The van der Waals surface area contributed by atoms with Crippen molar-refractivity contribution in [2.75, 3.05) is 0 Å². The summed E-state index contributed by atoms with van der Waals surface area (Å²) in [6, 6.07) is 5.67. The van der Waals surface area contributed by atoms with Gasteiger partial charge >= 0.3 is 0 Å². The van der Waals surface area contributed by atoms with E-state index in [1.807, 2.05) is 0 Å². The fourth-order valence-electron chi connectivity index (χ4n) is 1.59. The second-order valence-electron chi connectivity index (χ2n) is 3.92. The molecule has 0 amide bonds. The van der Waals surface area contributed by atoms with E-state index in [4.69, 9.17) is 23.2 Å². The minimum atomic E-state index is -3.89. The second kappa shape index (κ2) is 6.31. The van der Waals surface area contributed by atoms with Gasteiger partial charge in [0.25, 0.3) is 10.0 Å². The lowest BCUT2D eigenvalue weighted by Crippen LogP contribution is -2.16. The number of hydrogen-bond acceptors (Lipinski definition) is 4.